The third-order valence-corrected chi connectivity index (χ3v) is 7.91. The van der Waals surface area contributed by atoms with Crippen LogP contribution in [0.15, 0.2) is 24.8 Å². The number of esters is 1. The lowest BCUT2D eigenvalue weighted by atomic mass is 9.97. The van der Waals surface area contributed by atoms with E-state index in [9.17, 15) is 9.59 Å². The van der Waals surface area contributed by atoms with Crippen LogP contribution in [-0.2, 0) is 14.3 Å². The highest BCUT2D eigenvalue weighted by Crippen LogP contribution is 2.18. The first-order valence-electron chi connectivity index (χ1n) is 17.3. The normalized spacial score (nSPS) is 12.1. The zero-order chi connectivity index (χ0) is 29.4. The maximum Gasteiger partial charge on any atom is 0.309 e. The molecule has 0 aromatic carbocycles. The molecule has 0 aliphatic heterocycles. The molecule has 1 atom stereocenters. The number of carbonyl (C=O) groups excluding carboxylic acids is 1. The smallest absolute Gasteiger partial charge is 0.309 e. The van der Waals surface area contributed by atoms with E-state index in [1.807, 2.05) is 0 Å². The van der Waals surface area contributed by atoms with Crippen molar-refractivity contribution in [1.29, 1.82) is 0 Å². The van der Waals surface area contributed by atoms with Gasteiger partial charge in [0.05, 0.1) is 12.3 Å². The van der Waals surface area contributed by atoms with Crippen LogP contribution < -0.4 is 0 Å². The first-order valence-corrected chi connectivity index (χ1v) is 17.3. The highest BCUT2D eigenvalue weighted by atomic mass is 16.5. The van der Waals surface area contributed by atoms with Crippen molar-refractivity contribution in [2.24, 2.45) is 5.92 Å². The number of carboxylic acid groups (broad SMARTS) is 1. The molecule has 0 aromatic heterocycles. The van der Waals surface area contributed by atoms with Gasteiger partial charge in [-0.1, -0.05) is 167 Å². The summed E-state index contributed by atoms with van der Waals surface area (Å²) in [5, 5.41) is 9.03. The first-order chi connectivity index (χ1) is 19.6. The second-order valence-corrected chi connectivity index (χ2v) is 11.8. The molecular weight excluding hydrogens is 496 g/mol. The molecule has 0 aliphatic carbocycles. The monoisotopic (exact) mass is 562 g/mol. The predicted octanol–water partition coefficient (Wildman–Crippen LogP) is 11.5. The standard InChI is InChI=1S/C36H66O4/c1-3-5-6-7-8-9-10-11-12-13-14-15-16-17-18-19-20-21-22-23-24-25-26-27-28-29-30-31-34(33-35(37)38)36(39)40-32-4-2/h4,14-15,34H,2-3,5-13,16-33H2,1H3,(H,37,38)/b15-14+. The van der Waals surface area contributed by atoms with Crippen molar-refractivity contribution < 1.29 is 19.4 Å². The first kappa shape index (κ1) is 38.4. The number of unbranched alkanes of at least 4 members (excludes halogenated alkanes) is 23. The van der Waals surface area contributed by atoms with Crippen LogP contribution in [0.25, 0.3) is 0 Å². The zero-order valence-corrected chi connectivity index (χ0v) is 26.5. The third kappa shape index (κ3) is 29.4. The predicted molar refractivity (Wildman–Crippen MR) is 172 cm³/mol. The molecule has 0 heterocycles. The molecule has 0 spiro atoms. The molecule has 1 N–H and O–H groups in total. The van der Waals surface area contributed by atoms with Crippen molar-refractivity contribution in [2.45, 2.75) is 180 Å². The van der Waals surface area contributed by atoms with Crippen molar-refractivity contribution >= 4 is 11.9 Å². The molecule has 234 valence electrons. The van der Waals surface area contributed by atoms with Gasteiger partial charge < -0.3 is 9.84 Å². The summed E-state index contributed by atoms with van der Waals surface area (Å²) in [4.78, 5) is 23.0. The number of carbonyl (C=O) groups is 2. The van der Waals surface area contributed by atoms with Gasteiger partial charge >= 0.3 is 11.9 Å². The van der Waals surface area contributed by atoms with Crippen molar-refractivity contribution in [1.82, 2.24) is 0 Å². The minimum Gasteiger partial charge on any atom is -0.481 e. The Morgan fingerprint density at radius 2 is 1.00 bits per heavy atom. The Balaban J connectivity index is 3.34. The van der Waals surface area contributed by atoms with Gasteiger partial charge in [0.15, 0.2) is 0 Å². The maximum atomic E-state index is 12.0. The van der Waals surface area contributed by atoms with E-state index >= 15 is 0 Å². The molecular formula is C36H66O4. The largest absolute Gasteiger partial charge is 0.481 e. The number of aliphatic carboxylic acids is 1. The summed E-state index contributed by atoms with van der Waals surface area (Å²) < 4.78 is 5.04. The van der Waals surface area contributed by atoms with Gasteiger partial charge in [-0.05, 0) is 32.1 Å². The summed E-state index contributed by atoms with van der Waals surface area (Å²) in [6, 6.07) is 0. The van der Waals surface area contributed by atoms with E-state index in [0.29, 0.717) is 6.42 Å². The second kappa shape index (κ2) is 31.9. The van der Waals surface area contributed by atoms with Crippen LogP contribution >= 0.6 is 0 Å². The summed E-state index contributed by atoms with van der Waals surface area (Å²) in [6.45, 7) is 5.96. The minimum atomic E-state index is -0.942. The Morgan fingerprint density at radius 3 is 1.38 bits per heavy atom. The van der Waals surface area contributed by atoms with Crippen LogP contribution in [0.2, 0.25) is 0 Å². The summed E-state index contributed by atoms with van der Waals surface area (Å²) >= 11 is 0. The van der Waals surface area contributed by atoms with Crippen LogP contribution in [0.1, 0.15) is 180 Å². The molecule has 4 heteroatoms. The molecule has 0 aliphatic rings. The Hall–Kier alpha value is -1.58. The van der Waals surface area contributed by atoms with Crippen molar-refractivity contribution in [3.8, 4) is 0 Å². The number of hydrogen-bond donors (Lipinski definition) is 1. The van der Waals surface area contributed by atoms with Crippen LogP contribution in [0.5, 0.6) is 0 Å². The van der Waals surface area contributed by atoms with Crippen molar-refractivity contribution in [2.75, 3.05) is 6.61 Å². The SMILES string of the molecule is C=CCOC(=O)C(CCCCCCCCCCCCCCCC/C=C/CCCCCCCCCCC)CC(=O)O. The zero-order valence-electron chi connectivity index (χ0n) is 26.5. The van der Waals surface area contributed by atoms with Crippen LogP contribution in [-0.4, -0.2) is 23.7 Å². The van der Waals surface area contributed by atoms with Crippen LogP contribution in [0.3, 0.4) is 0 Å². The lowest BCUT2D eigenvalue weighted by Gasteiger charge is -2.13. The molecule has 1 unspecified atom stereocenters. The summed E-state index contributed by atoms with van der Waals surface area (Å²) in [5.74, 6) is -1.88. The number of carboxylic acids is 1. The van der Waals surface area contributed by atoms with E-state index in [1.54, 1.807) is 0 Å². The molecule has 0 rings (SSSR count). The minimum absolute atomic E-state index is 0.145. The van der Waals surface area contributed by atoms with E-state index in [4.69, 9.17) is 9.84 Å². The fourth-order valence-electron chi connectivity index (χ4n) is 5.36. The fourth-order valence-corrected chi connectivity index (χ4v) is 5.36. The number of hydrogen-bond acceptors (Lipinski definition) is 3. The van der Waals surface area contributed by atoms with Gasteiger partial charge in [0, 0.05) is 0 Å². The molecule has 0 saturated heterocycles. The fraction of sp³-hybridized carbons (Fsp3) is 0.833. The number of ether oxygens (including phenoxy) is 1. The summed E-state index contributed by atoms with van der Waals surface area (Å²) in [6.07, 6.45) is 40.0. The topological polar surface area (TPSA) is 63.6 Å². The van der Waals surface area contributed by atoms with Gasteiger partial charge in [-0.15, -0.1) is 0 Å². The lowest BCUT2D eigenvalue weighted by molar-refractivity contribution is -0.152. The van der Waals surface area contributed by atoms with Crippen LogP contribution in [0.4, 0.5) is 0 Å². The molecule has 0 aromatic rings. The van der Waals surface area contributed by atoms with E-state index in [-0.39, 0.29) is 13.0 Å². The van der Waals surface area contributed by atoms with Gasteiger partial charge in [0.2, 0.25) is 0 Å². The maximum absolute atomic E-state index is 12.0. The molecule has 40 heavy (non-hydrogen) atoms. The van der Waals surface area contributed by atoms with Gasteiger partial charge in [0.25, 0.3) is 0 Å². The molecule has 0 bridgehead atoms. The van der Waals surface area contributed by atoms with E-state index in [2.05, 4.69) is 25.7 Å². The Bertz CT molecular complexity index is 598. The molecule has 0 fully saturated rings. The van der Waals surface area contributed by atoms with E-state index in [1.165, 1.54) is 147 Å². The third-order valence-electron chi connectivity index (χ3n) is 7.91. The Labute approximate surface area is 248 Å². The Morgan fingerprint density at radius 1 is 0.625 bits per heavy atom. The Kier molecular flexibility index (Phi) is 30.7. The van der Waals surface area contributed by atoms with E-state index in [0.717, 1.165) is 19.3 Å². The number of rotatable bonds is 32. The molecule has 4 nitrogen and oxygen atoms in total. The quantitative estimate of drug-likeness (QED) is 0.0503. The van der Waals surface area contributed by atoms with Gasteiger partial charge in [-0.2, -0.15) is 0 Å². The van der Waals surface area contributed by atoms with Crippen molar-refractivity contribution in [3.05, 3.63) is 24.8 Å². The van der Waals surface area contributed by atoms with Gasteiger partial charge in [-0.3, -0.25) is 9.59 Å². The second-order valence-electron chi connectivity index (χ2n) is 11.8. The molecule has 0 amide bonds. The molecule has 0 radical (unpaired) electrons. The molecule has 0 saturated carbocycles. The number of allylic oxidation sites excluding steroid dienone is 2. The highest BCUT2D eigenvalue weighted by molar-refractivity contribution is 5.79. The summed E-state index contributed by atoms with van der Waals surface area (Å²) in [7, 11) is 0. The van der Waals surface area contributed by atoms with Crippen molar-refractivity contribution in [3.63, 3.8) is 0 Å². The average Bonchev–Trinajstić information content (AvgIpc) is 2.94. The lowest BCUT2D eigenvalue weighted by Crippen LogP contribution is -2.21. The van der Waals surface area contributed by atoms with E-state index < -0.39 is 17.9 Å². The average molecular weight is 563 g/mol. The van der Waals surface area contributed by atoms with Crippen LogP contribution in [0, 0.1) is 5.92 Å². The highest BCUT2D eigenvalue weighted by Gasteiger charge is 2.22. The van der Waals surface area contributed by atoms with Gasteiger partial charge in [-0.25, -0.2) is 0 Å². The summed E-state index contributed by atoms with van der Waals surface area (Å²) in [5.41, 5.74) is 0. The van der Waals surface area contributed by atoms with Gasteiger partial charge in [0.1, 0.15) is 6.61 Å².